The van der Waals surface area contributed by atoms with E-state index in [9.17, 15) is 9.59 Å². The summed E-state index contributed by atoms with van der Waals surface area (Å²) in [7, 11) is 0. The Hall–Kier alpha value is -1.06. The maximum Gasteiger partial charge on any atom is 0.305 e. The highest BCUT2D eigenvalue weighted by Gasteiger charge is 2.19. The van der Waals surface area contributed by atoms with E-state index in [2.05, 4.69) is 5.32 Å². The minimum absolute atomic E-state index is 0.0124. The normalized spacial score (nSPS) is 18.1. The van der Waals surface area contributed by atoms with E-state index in [4.69, 9.17) is 5.11 Å². The summed E-state index contributed by atoms with van der Waals surface area (Å²) < 4.78 is 0. The molecule has 86 valence electrons. The molecule has 0 bridgehead atoms. The molecule has 2 N–H and O–H groups in total. The van der Waals surface area contributed by atoms with E-state index >= 15 is 0 Å². The summed E-state index contributed by atoms with van der Waals surface area (Å²) in [6, 6.07) is 0. The Morgan fingerprint density at radius 1 is 1.13 bits per heavy atom. The van der Waals surface area contributed by atoms with Crippen molar-refractivity contribution < 1.29 is 14.7 Å². The van der Waals surface area contributed by atoms with Gasteiger partial charge in [-0.25, -0.2) is 0 Å². The van der Waals surface area contributed by atoms with Crippen molar-refractivity contribution >= 4 is 11.9 Å². The summed E-state index contributed by atoms with van der Waals surface area (Å²) in [5, 5.41) is 11.1. The van der Waals surface area contributed by atoms with Crippen molar-refractivity contribution in [3.8, 4) is 0 Å². The minimum Gasteiger partial charge on any atom is -0.481 e. The second kappa shape index (κ2) is 6.43. The molecule has 4 nitrogen and oxygen atoms in total. The molecule has 1 aliphatic rings. The molecule has 0 aliphatic heterocycles. The first-order chi connectivity index (χ1) is 7.20. The predicted molar refractivity (Wildman–Crippen MR) is 56.5 cm³/mol. The van der Waals surface area contributed by atoms with Crippen LogP contribution in [0.2, 0.25) is 0 Å². The van der Waals surface area contributed by atoms with Crippen LogP contribution in [-0.2, 0) is 9.59 Å². The van der Waals surface area contributed by atoms with Crippen LogP contribution in [0.4, 0.5) is 0 Å². The number of carboxylic acid groups (broad SMARTS) is 1. The first-order valence-corrected chi connectivity index (χ1v) is 5.69. The van der Waals surface area contributed by atoms with Crippen molar-refractivity contribution in [3.05, 3.63) is 0 Å². The van der Waals surface area contributed by atoms with E-state index in [1.54, 1.807) is 0 Å². The molecule has 0 aromatic rings. The van der Waals surface area contributed by atoms with Gasteiger partial charge < -0.3 is 10.4 Å². The van der Waals surface area contributed by atoms with Crippen molar-refractivity contribution in [1.29, 1.82) is 0 Å². The molecule has 1 aliphatic carbocycles. The van der Waals surface area contributed by atoms with Gasteiger partial charge >= 0.3 is 5.97 Å². The van der Waals surface area contributed by atoms with Gasteiger partial charge in [-0.1, -0.05) is 25.7 Å². The summed E-state index contributed by atoms with van der Waals surface area (Å²) in [5.41, 5.74) is 0. The van der Waals surface area contributed by atoms with Gasteiger partial charge in [0.25, 0.3) is 0 Å². The highest BCUT2D eigenvalue weighted by atomic mass is 16.4. The molecular weight excluding hydrogens is 194 g/mol. The lowest BCUT2D eigenvalue weighted by Gasteiger charge is -2.13. The molecule has 1 fully saturated rings. The Kier molecular flexibility index (Phi) is 5.15. The van der Waals surface area contributed by atoms with Crippen molar-refractivity contribution in [1.82, 2.24) is 5.32 Å². The maximum atomic E-state index is 11.6. The average Bonchev–Trinajstić information content (AvgIpc) is 2.44. The van der Waals surface area contributed by atoms with Gasteiger partial charge in [-0.05, 0) is 12.8 Å². The summed E-state index contributed by atoms with van der Waals surface area (Å²) >= 11 is 0. The van der Waals surface area contributed by atoms with Gasteiger partial charge in [0.2, 0.25) is 5.91 Å². The number of aliphatic carboxylic acids is 1. The van der Waals surface area contributed by atoms with Crippen LogP contribution in [0.3, 0.4) is 0 Å². The van der Waals surface area contributed by atoms with Crippen LogP contribution in [0.15, 0.2) is 0 Å². The monoisotopic (exact) mass is 213 g/mol. The molecule has 1 amide bonds. The van der Waals surface area contributed by atoms with E-state index in [1.165, 1.54) is 12.8 Å². The third kappa shape index (κ3) is 4.81. The number of carbonyl (C=O) groups is 2. The number of hydrogen-bond donors (Lipinski definition) is 2. The van der Waals surface area contributed by atoms with E-state index < -0.39 is 5.97 Å². The molecule has 0 heterocycles. The second-order valence-electron chi connectivity index (χ2n) is 4.12. The Morgan fingerprint density at radius 2 is 1.73 bits per heavy atom. The molecule has 0 atom stereocenters. The molecule has 4 heteroatoms. The lowest BCUT2D eigenvalue weighted by molar-refractivity contribution is -0.137. The Labute approximate surface area is 90.0 Å². The topological polar surface area (TPSA) is 66.4 Å². The van der Waals surface area contributed by atoms with E-state index in [0.29, 0.717) is 0 Å². The zero-order chi connectivity index (χ0) is 11.1. The highest BCUT2D eigenvalue weighted by molar-refractivity contribution is 5.79. The van der Waals surface area contributed by atoms with Crippen LogP contribution in [0.1, 0.15) is 44.9 Å². The Morgan fingerprint density at radius 3 is 2.27 bits per heavy atom. The Bertz CT molecular complexity index is 220. The number of amides is 1. The molecular formula is C11H19NO3. The fourth-order valence-electron chi connectivity index (χ4n) is 1.98. The number of rotatable bonds is 4. The largest absolute Gasteiger partial charge is 0.481 e. The third-order valence-electron chi connectivity index (χ3n) is 2.86. The van der Waals surface area contributed by atoms with Gasteiger partial charge in [-0.2, -0.15) is 0 Å². The maximum absolute atomic E-state index is 11.6. The molecule has 0 radical (unpaired) electrons. The summed E-state index contributed by atoms with van der Waals surface area (Å²) in [6.45, 7) is 0.255. The molecule has 15 heavy (non-hydrogen) atoms. The summed E-state index contributed by atoms with van der Waals surface area (Å²) in [5.74, 6) is -0.712. The zero-order valence-electron chi connectivity index (χ0n) is 9.00. The van der Waals surface area contributed by atoms with Crippen LogP contribution >= 0.6 is 0 Å². The van der Waals surface area contributed by atoms with Gasteiger partial charge in [-0.3, -0.25) is 9.59 Å². The molecule has 1 saturated carbocycles. The summed E-state index contributed by atoms with van der Waals surface area (Å²) in [4.78, 5) is 21.9. The zero-order valence-corrected chi connectivity index (χ0v) is 9.00. The molecule has 0 spiro atoms. The third-order valence-corrected chi connectivity index (χ3v) is 2.86. The van der Waals surface area contributed by atoms with Crippen LogP contribution < -0.4 is 5.32 Å². The lowest BCUT2D eigenvalue weighted by atomic mass is 9.99. The van der Waals surface area contributed by atoms with E-state index in [1.807, 2.05) is 0 Å². The summed E-state index contributed by atoms with van der Waals surface area (Å²) in [6.07, 6.45) is 6.61. The fraction of sp³-hybridized carbons (Fsp3) is 0.818. The predicted octanol–water partition coefficient (Wildman–Crippen LogP) is 1.55. The van der Waals surface area contributed by atoms with Crippen molar-refractivity contribution in [2.45, 2.75) is 44.9 Å². The van der Waals surface area contributed by atoms with Crippen molar-refractivity contribution in [2.75, 3.05) is 6.54 Å². The van der Waals surface area contributed by atoms with Crippen LogP contribution in [-0.4, -0.2) is 23.5 Å². The molecule has 1 rings (SSSR count). The second-order valence-corrected chi connectivity index (χ2v) is 4.12. The van der Waals surface area contributed by atoms with Crippen LogP contribution in [0, 0.1) is 5.92 Å². The van der Waals surface area contributed by atoms with Gasteiger partial charge in [0, 0.05) is 12.5 Å². The fourth-order valence-corrected chi connectivity index (χ4v) is 1.98. The number of carboxylic acids is 1. The minimum atomic E-state index is -0.865. The number of hydrogen-bond acceptors (Lipinski definition) is 2. The quantitative estimate of drug-likeness (QED) is 0.696. The first-order valence-electron chi connectivity index (χ1n) is 5.69. The molecule has 0 aromatic heterocycles. The van der Waals surface area contributed by atoms with E-state index in [0.717, 1.165) is 25.7 Å². The molecule has 0 aromatic carbocycles. The number of nitrogens with one attached hydrogen (secondary N) is 1. The van der Waals surface area contributed by atoms with Crippen molar-refractivity contribution in [2.24, 2.45) is 5.92 Å². The van der Waals surface area contributed by atoms with Crippen molar-refractivity contribution in [3.63, 3.8) is 0 Å². The van der Waals surface area contributed by atoms with Crippen LogP contribution in [0.25, 0.3) is 0 Å². The first kappa shape index (κ1) is 12.0. The standard InChI is InChI=1S/C11H19NO3/c13-10(14)7-8-12-11(15)9-5-3-1-2-4-6-9/h9H,1-8H2,(H,12,15)(H,13,14). The number of carbonyl (C=O) groups excluding carboxylic acids is 1. The van der Waals surface area contributed by atoms with Gasteiger partial charge in [0.05, 0.1) is 6.42 Å². The smallest absolute Gasteiger partial charge is 0.305 e. The van der Waals surface area contributed by atoms with E-state index in [-0.39, 0.29) is 24.8 Å². The molecule has 0 unspecified atom stereocenters. The molecule has 0 saturated heterocycles. The highest BCUT2D eigenvalue weighted by Crippen LogP contribution is 2.22. The van der Waals surface area contributed by atoms with Gasteiger partial charge in [0.15, 0.2) is 0 Å². The Balaban J connectivity index is 2.22. The average molecular weight is 213 g/mol. The SMILES string of the molecule is O=C(O)CCNC(=O)C1CCCCCC1. The van der Waals surface area contributed by atoms with Crippen LogP contribution in [0.5, 0.6) is 0 Å². The van der Waals surface area contributed by atoms with Gasteiger partial charge in [-0.15, -0.1) is 0 Å². The lowest BCUT2D eigenvalue weighted by Crippen LogP contribution is -2.32. The van der Waals surface area contributed by atoms with Gasteiger partial charge in [0.1, 0.15) is 0 Å².